The molecular formula is C16H25NO3S3. The lowest BCUT2D eigenvalue weighted by Gasteiger charge is -2.19. The van der Waals surface area contributed by atoms with E-state index in [2.05, 4.69) is 24.0 Å². The van der Waals surface area contributed by atoms with Crippen LogP contribution in [0, 0.1) is 5.92 Å². The molecule has 0 spiro atoms. The van der Waals surface area contributed by atoms with Gasteiger partial charge in [0.2, 0.25) is 5.91 Å². The zero-order valence-corrected chi connectivity index (χ0v) is 15.8. The fourth-order valence-corrected chi connectivity index (χ4v) is 3.01. The fraction of sp³-hybridized carbons (Fsp3) is 0.500. The predicted molar refractivity (Wildman–Crippen MR) is 105 cm³/mol. The van der Waals surface area contributed by atoms with E-state index in [4.69, 9.17) is 0 Å². The molecule has 0 saturated carbocycles. The van der Waals surface area contributed by atoms with Gasteiger partial charge in [0.1, 0.15) is 6.04 Å². The fourth-order valence-electron chi connectivity index (χ4n) is 2.72. The molecule has 1 heterocycles. The van der Waals surface area contributed by atoms with Gasteiger partial charge in [0, 0.05) is 5.75 Å². The van der Waals surface area contributed by atoms with Crippen LogP contribution in [0.15, 0.2) is 24.3 Å². The van der Waals surface area contributed by atoms with Crippen molar-refractivity contribution < 1.29 is 14.7 Å². The van der Waals surface area contributed by atoms with Gasteiger partial charge in [0.05, 0.1) is 5.92 Å². The number of benzene rings is 1. The van der Waals surface area contributed by atoms with Crippen molar-refractivity contribution in [2.24, 2.45) is 5.92 Å². The third-order valence-electron chi connectivity index (χ3n) is 3.98. The topological polar surface area (TPSA) is 66.4 Å². The summed E-state index contributed by atoms with van der Waals surface area (Å²) in [7, 11) is 0. The number of thiol groups is 1. The third kappa shape index (κ3) is 6.31. The van der Waals surface area contributed by atoms with Gasteiger partial charge in [-0.1, -0.05) is 30.7 Å². The van der Waals surface area contributed by atoms with Crippen molar-refractivity contribution in [2.75, 3.05) is 5.75 Å². The van der Waals surface area contributed by atoms with Crippen LogP contribution >= 0.6 is 39.6 Å². The summed E-state index contributed by atoms with van der Waals surface area (Å²) >= 11 is 4.26. The number of hydrogen-bond donors (Lipinski definition) is 3. The lowest BCUT2D eigenvalue weighted by Crippen LogP contribution is -2.44. The number of hydrogen-bond acceptors (Lipinski definition) is 3. The Morgan fingerprint density at radius 1 is 1.22 bits per heavy atom. The molecule has 7 heteroatoms. The summed E-state index contributed by atoms with van der Waals surface area (Å²) in [6.07, 6.45) is 3.73. The number of aliphatic carboxylic acids is 1. The van der Waals surface area contributed by atoms with Gasteiger partial charge >= 0.3 is 5.97 Å². The maximum atomic E-state index is 12.3. The van der Waals surface area contributed by atoms with E-state index in [1.165, 1.54) is 11.1 Å². The first-order valence-electron chi connectivity index (χ1n) is 7.32. The highest BCUT2D eigenvalue weighted by molar-refractivity contribution is 7.80. The van der Waals surface area contributed by atoms with E-state index in [0.29, 0.717) is 18.6 Å². The average Bonchev–Trinajstić information content (AvgIpc) is 2.50. The van der Waals surface area contributed by atoms with Crippen molar-refractivity contribution in [1.82, 2.24) is 5.32 Å². The molecule has 0 aliphatic carbocycles. The Hall–Kier alpha value is -0.790. The molecule has 0 aromatic heterocycles. The van der Waals surface area contributed by atoms with Crippen LogP contribution in [0.4, 0.5) is 0 Å². The molecule has 0 fully saturated rings. The Morgan fingerprint density at radius 3 is 2.48 bits per heavy atom. The highest BCUT2D eigenvalue weighted by Gasteiger charge is 2.25. The number of carboxylic acid groups (broad SMARTS) is 1. The van der Waals surface area contributed by atoms with E-state index in [0.717, 1.165) is 19.3 Å². The van der Waals surface area contributed by atoms with E-state index in [-0.39, 0.29) is 38.8 Å². The van der Waals surface area contributed by atoms with E-state index < -0.39 is 12.0 Å². The summed E-state index contributed by atoms with van der Waals surface area (Å²) in [6.45, 7) is 0. The van der Waals surface area contributed by atoms with Gasteiger partial charge in [0.25, 0.3) is 0 Å². The van der Waals surface area contributed by atoms with E-state index >= 15 is 0 Å². The maximum Gasteiger partial charge on any atom is 0.326 e. The molecule has 2 N–H and O–H groups in total. The molecule has 1 amide bonds. The van der Waals surface area contributed by atoms with Gasteiger partial charge in [-0.15, -0.1) is 0 Å². The van der Waals surface area contributed by atoms with Crippen LogP contribution in [-0.2, 0) is 22.4 Å². The number of carbonyl (C=O) groups is 2. The zero-order valence-electron chi connectivity index (χ0n) is 12.9. The van der Waals surface area contributed by atoms with Crippen molar-refractivity contribution in [3.05, 3.63) is 35.4 Å². The molecule has 2 atom stereocenters. The maximum absolute atomic E-state index is 12.3. The number of carbonyl (C=O) groups excluding carboxylic acids is 1. The van der Waals surface area contributed by atoms with Gasteiger partial charge in [-0.3, -0.25) is 4.79 Å². The van der Waals surface area contributed by atoms with Crippen LogP contribution in [0.1, 0.15) is 30.4 Å². The molecule has 130 valence electrons. The van der Waals surface area contributed by atoms with Crippen LogP contribution in [0.2, 0.25) is 0 Å². The summed E-state index contributed by atoms with van der Waals surface area (Å²) in [5.74, 6) is -1.06. The molecule has 1 aliphatic heterocycles. The molecule has 1 unspecified atom stereocenters. The molecule has 1 aromatic rings. The molecule has 4 nitrogen and oxygen atoms in total. The molecule has 1 aliphatic rings. The second-order valence-electron chi connectivity index (χ2n) is 5.50. The van der Waals surface area contributed by atoms with Crippen molar-refractivity contribution >= 4 is 51.5 Å². The minimum absolute atomic E-state index is 0. The minimum atomic E-state index is -0.960. The average molecular weight is 376 g/mol. The lowest BCUT2D eigenvalue weighted by molar-refractivity contribution is -0.142. The van der Waals surface area contributed by atoms with Gasteiger partial charge in [-0.05, 0) is 36.8 Å². The quantitative estimate of drug-likeness (QED) is 0.695. The summed E-state index contributed by atoms with van der Waals surface area (Å²) in [5.41, 5.74) is 2.42. The molecule has 23 heavy (non-hydrogen) atoms. The van der Waals surface area contributed by atoms with Crippen molar-refractivity contribution in [2.45, 2.75) is 38.1 Å². The molecule has 0 bridgehead atoms. The number of aryl methyl sites for hydroxylation is 1. The number of rotatable bonds is 2. The van der Waals surface area contributed by atoms with Crippen LogP contribution in [0.25, 0.3) is 0 Å². The predicted octanol–water partition coefficient (Wildman–Crippen LogP) is 2.30. The zero-order chi connectivity index (χ0) is 15.2. The molecule has 0 saturated heterocycles. The van der Waals surface area contributed by atoms with Crippen LogP contribution in [0.5, 0.6) is 0 Å². The van der Waals surface area contributed by atoms with E-state index in [9.17, 15) is 14.7 Å². The first-order chi connectivity index (χ1) is 10.1. The molecule has 0 radical (unpaired) electrons. The Labute approximate surface area is 156 Å². The number of nitrogens with one attached hydrogen (secondary N) is 1. The van der Waals surface area contributed by atoms with Gasteiger partial charge in [0.15, 0.2) is 0 Å². The molecule has 1 aromatic carbocycles. The first kappa shape index (κ1) is 22.2. The summed E-state index contributed by atoms with van der Waals surface area (Å²) in [5, 5.41) is 11.9. The Balaban J connectivity index is 0.00000242. The lowest BCUT2D eigenvalue weighted by atomic mass is 9.94. The second kappa shape index (κ2) is 10.9. The summed E-state index contributed by atoms with van der Waals surface area (Å²) in [4.78, 5) is 23.5. The largest absolute Gasteiger partial charge is 0.480 e. The number of fused-ring (bicyclic) bond motifs is 1. The van der Waals surface area contributed by atoms with Gasteiger partial charge in [-0.25, -0.2) is 4.79 Å². The second-order valence-corrected chi connectivity index (χ2v) is 5.86. The van der Waals surface area contributed by atoms with Crippen molar-refractivity contribution in [3.63, 3.8) is 0 Å². The first-order valence-corrected chi connectivity index (χ1v) is 7.96. The van der Waals surface area contributed by atoms with Crippen LogP contribution < -0.4 is 5.32 Å². The van der Waals surface area contributed by atoms with Crippen LogP contribution in [0.3, 0.4) is 0 Å². The van der Waals surface area contributed by atoms with Crippen molar-refractivity contribution in [3.8, 4) is 0 Å². The standard InChI is InChI=1S/C16H21NO3S.2H2S/c18-15-13(10-21)9-12-7-2-1-5-11(12)6-3-4-8-14(17-15)16(19)20;;/h1-2,5,7,13-14,21H,3-4,6,8-10H2,(H,17,18)(H,19,20);2*1H2/t13?,14-;;/m0../s1. The molecular weight excluding hydrogens is 350 g/mol. The van der Waals surface area contributed by atoms with E-state index in [1.807, 2.05) is 18.2 Å². The molecule has 2 rings (SSSR count). The van der Waals surface area contributed by atoms with Crippen molar-refractivity contribution in [1.29, 1.82) is 0 Å². The van der Waals surface area contributed by atoms with E-state index in [1.54, 1.807) is 0 Å². The SMILES string of the molecule is O=C1N[C@H](C(=O)O)CCCCc2ccccc2CC1CS.S.S. The smallest absolute Gasteiger partial charge is 0.326 e. The van der Waals surface area contributed by atoms with Crippen LogP contribution in [-0.4, -0.2) is 28.8 Å². The Kier molecular flexibility index (Phi) is 10.5. The highest BCUT2D eigenvalue weighted by Crippen LogP contribution is 2.20. The summed E-state index contributed by atoms with van der Waals surface area (Å²) in [6, 6.07) is 7.34. The Bertz CT molecular complexity index is 525. The minimum Gasteiger partial charge on any atom is -0.480 e. The highest BCUT2D eigenvalue weighted by atomic mass is 32.1. The van der Waals surface area contributed by atoms with Gasteiger partial charge < -0.3 is 10.4 Å². The number of amides is 1. The Morgan fingerprint density at radius 2 is 1.87 bits per heavy atom. The normalized spacial score (nSPS) is 21.5. The third-order valence-corrected chi connectivity index (χ3v) is 4.42. The number of carboxylic acids is 1. The summed E-state index contributed by atoms with van der Waals surface area (Å²) < 4.78 is 0. The monoisotopic (exact) mass is 375 g/mol. The van der Waals surface area contributed by atoms with Gasteiger partial charge in [-0.2, -0.15) is 39.6 Å².